The lowest BCUT2D eigenvalue weighted by atomic mass is 9.79. The Morgan fingerprint density at radius 2 is 1.91 bits per heavy atom. The summed E-state index contributed by atoms with van der Waals surface area (Å²) in [5, 5.41) is 16.4. The Kier molecular flexibility index (Phi) is 5.11. The zero-order chi connectivity index (χ0) is 23.2. The van der Waals surface area contributed by atoms with E-state index in [1.807, 2.05) is 45.0 Å². The molecule has 3 heterocycles. The van der Waals surface area contributed by atoms with Crippen molar-refractivity contribution in [2.75, 3.05) is 10.6 Å². The van der Waals surface area contributed by atoms with Crippen LogP contribution in [0.3, 0.4) is 0 Å². The summed E-state index contributed by atoms with van der Waals surface area (Å²) < 4.78 is 10.5. The minimum absolute atomic E-state index is 0.0394. The summed E-state index contributed by atoms with van der Waals surface area (Å²) in [6.45, 7) is 7.87. The normalized spacial score (nSPS) is 18.2. The Bertz CT molecular complexity index is 1310. The predicted octanol–water partition coefficient (Wildman–Crippen LogP) is 4.71. The smallest absolute Gasteiger partial charge is 0.228 e. The first-order valence-electron chi connectivity index (χ1n) is 11.0. The molecular weight excluding hydrogens is 420 g/mol. The molecule has 1 aliphatic carbocycles. The van der Waals surface area contributed by atoms with Crippen molar-refractivity contribution >= 4 is 28.3 Å². The van der Waals surface area contributed by atoms with Crippen LogP contribution in [-0.4, -0.2) is 32.2 Å². The lowest BCUT2D eigenvalue weighted by Gasteiger charge is -2.35. The molecule has 0 unspecified atom stereocenters. The fourth-order valence-corrected chi connectivity index (χ4v) is 3.90. The molecular formula is C24H26N6O3. The highest BCUT2D eigenvalue weighted by Crippen LogP contribution is 2.34. The number of carbonyl (C=O) groups is 1. The summed E-state index contributed by atoms with van der Waals surface area (Å²) in [6.07, 6.45) is 3.22. The molecule has 9 heteroatoms. The Balaban J connectivity index is 1.24. The van der Waals surface area contributed by atoms with Gasteiger partial charge in [-0.15, -0.1) is 0 Å². The molecule has 1 aliphatic rings. The van der Waals surface area contributed by atoms with Crippen LogP contribution in [0.4, 0.5) is 11.6 Å². The van der Waals surface area contributed by atoms with Gasteiger partial charge in [-0.25, -0.2) is 4.98 Å². The van der Waals surface area contributed by atoms with Crippen molar-refractivity contribution in [3.05, 3.63) is 48.2 Å². The first-order valence-corrected chi connectivity index (χ1v) is 11.0. The number of aromatic nitrogens is 4. The summed E-state index contributed by atoms with van der Waals surface area (Å²) in [6, 6.07) is 9.91. The average molecular weight is 447 g/mol. The van der Waals surface area contributed by atoms with Crippen LogP contribution in [0.5, 0.6) is 0 Å². The van der Waals surface area contributed by atoms with Gasteiger partial charge < -0.3 is 19.7 Å². The summed E-state index contributed by atoms with van der Waals surface area (Å²) in [4.78, 5) is 21.5. The Morgan fingerprint density at radius 1 is 1.09 bits per heavy atom. The van der Waals surface area contributed by atoms with Gasteiger partial charge in [0.1, 0.15) is 11.6 Å². The van der Waals surface area contributed by atoms with Gasteiger partial charge in [-0.05, 0) is 30.4 Å². The number of nitrogens with zero attached hydrogens (tertiary/aromatic N) is 4. The molecule has 33 heavy (non-hydrogen) atoms. The van der Waals surface area contributed by atoms with Crippen LogP contribution in [0.1, 0.15) is 45.3 Å². The third-order valence-electron chi connectivity index (χ3n) is 5.90. The zero-order valence-electron chi connectivity index (χ0n) is 19.0. The topological polar surface area (TPSA) is 119 Å². The quantitative estimate of drug-likeness (QED) is 0.452. The monoisotopic (exact) mass is 446 g/mol. The van der Waals surface area contributed by atoms with Gasteiger partial charge in [0.25, 0.3) is 0 Å². The Morgan fingerprint density at radius 3 is 2.61 bits per heavy atom. The highest BCUT2D eigenvalue weighted by molar-refractivity contribution is 5.95. The molecule has 3 aromatic heterocycles. The van der Waals surface area contributed by atoms with Crippen LogP contribution >= 0.6 is 0 Å². The number of rotatable bonds is 5. The predicted molar refractivity (Wildman–Crippen MR) is 124 cm³/mol. The van der Waals surface area contributed by atoms with Gasteiger partial charge in [-0.2, -0.15) is 4.98 Å². The molecule has 2 N–H and O–H groups in total. The van der Waals surface area contributed by atoms with Crippen LogP contribution in [0.2, 0.25) is 0 Å². The van der Waals surface area contributed by atoms with Crippen LogP contribution < -0.4 is 10.6 Å². The van der Waals surface area contributed by atoms with E-state index in [0.717, 1.165) is 40.8 Å². The van der Waals surface area contributed by atoms with E-state index in [-0.39, 0.29) is 23.3 Å². The van der Waals surface area contributed by atoms with Gasteiger partial charge in [0.05, 0.1) is 0 Å². The lowest BCUT2D eigenvalue weighted by Crippen LogP contribution is -2.42. The maximum absolute atomic E-state index is 12.6. The van der Waals surface area contributed by atoms with Crippen LogP contribution in [-0.2, 0) is 10.2 Å². The molecule has 1 aromatic carbocycles. The van der Waals surface area contributed by atoms with Crippen LogP contribution in [0.15, 0.2) is 45.6 Å². The van der Waals surface area contributed by atoms with E-state index >= 15 is 0 Å². The van der Waals surface area contributed by atoms with Crippen molar-refractivity contribution in [3.8, 4) is 11.4 Å². The van der Waals surface area contributed by atoms with Crippen molar-refractivity contribution in [2.24, 2.45) is 5.92 Å². The average Bonchev–Trinajstić information content (AvgIpc) is 3.39. The largest absolute Gasteiger partial charge is 0.367 e. The molecule has 5 rings (SSSR count). The number of hydrogen-bond acceptors (Lipinski definition) is 8. The number of nitrogens with one attached hydrogen (secondary N) is 2. The second-order valence-electron chi connectivity index (χ2n) is 9.56. The first kappa shape index (κ1) is 21.1. The molecule has 0 aliphatic heterocycles. The van der Waals surface area contributed by atoms with Gasteiger partial charge >= 0.3 is 0 Å². The minimum Gasteiger partial charge on any atom is -0.367 e. The summed E-state index contributed by atoms with van der Waals surface area (Å²) in [5.41, 5.74) is 0.707. The fourth-order valence-electron chi connectivity index (χ4n) is 3.90. The molecule has 0 spiro atoms. The third kappa shape index (κ3) is 4.30. The third-order valence-corrected chi connectivity index (χ3v) is 5.90. The van der Waals surface area contributed by atoms with E-state index in [4.69, 9.17) is 9.05 Å². The zero-order valence-corrected chi connectivity index (χ0v) is 19.0. The van der Waals surface area contributed by atoms with Crippen LogP contribution in [0, 0.1) is 12.8 Å². The summed E-state index contributed by atoms with van der Waals surface area (Å²) in [7, 11) is 0. The fraction of sp³-hybridized carbons (Fsp3) is 0.375. The number of anilines is 2. The molecule has 0 saturated heterocycles. The number of amides is 1. The lowest BCUT2D eigenvalue weighted by molar-refractivity contribution is -0.122. The molecule has 1 saturated carbocycles. The van der Waals surface area contributed by atoms with E-state index in [2.05, 4.69) is 30.9 Å². The molecule has 0 bridgehead atoms. The molecule has 170 valence electrons. The van der Waals surface area contributed by atoms with E-state index in [0.29, 0.717) is 17.5 Å². The second-order valence-corrected chi connectivity index (χ2v) is 9.56. The van der Waals surface area contributed by atoms with Gasteiger partial charge in [0.15, 0.2) is 5.82 Å². The number of pyridine rings is 1. The highest BCUT2D eigenvalue weighted by atomic mass is 16.5. The summed E-state index contributed by atoms with van der Waals surface area (Å²) in [5.74, 6) is 2.93. The van der Waals surface area contributed by atoms with Gasteiger partial charge in [0, 0.05) is 47.5 Å². The number of benzene rings is 1. The maximum atomic E-state index is 12.6. The van der Waals surface area contributed by atoms with Crippen molar-refractivity contribution in [3.63, 3.8) is 0 Å². The maximum Gasteiger partial charge on any atom is 0.228 e. The van der Waals surface area contributed by atoms with E-state index < -0.39 is 0 Å². The summed E-state index contributed by atoms with van der Waals surface area (Å²) >= 11 is 0. The van der Waals surface area contributed by atoms with E-state index in [1.165, 1.54) is 0 Å². The van der Waals surface area contributed by atoms with E-state index in [9.17, 15) is 4.79 Å². The van der Waals surface area contributed by atoms with Crippen molar-refractivity contribution in [1.82, 2.24) is 20.3 Å². The van der Waals surface area contributed by atoms with Crippen molar-refractivity contribution in [1.29, 1.82) is 0 Å². The van der Waals surface area contributed by atoms with Crippen molar-refractivity contribution < 1.29 is 13.8 Å². The molecule has 1 amide bonds. The number of aryl methyl sites for hydroxylation is 1. The second kappa shape index (κ2) is 7.99. The van der Waals surface area contributed by atoms with Crippen molar-refractivity contribution in [2.45, 2.75) is 52.0 Å². The standard InChI is InChI=1S/C24H26N6O3/c1-13-26-21(30-32-13)15-6-5-14-7-8-25-22(18(14)11-15)27-17-9-16(10-17)23(31)28-20-12-19(33-29-20)24(2,3)4/h5-8,11-12,16-17H,9-10H2,1-4H3,(H,25,27)(H,28,29,31). The number of hydrogen-bond donors (Lipinski definition) is 2. The molecule has 9 nitrogen and oxygen atoms in total. The molecule has 0 radical (unpaired) electrons. The molecule has 1 fully saturated rings. The van der Waals surface area contributed by atoms with Gasteiger partial charge in [-0.1, -0.05) is 43.2 Å². The number of fused-ring (bicyclic) bond motifs is 1. The van der Waals surface area contributed by atoms with Gasteiger partial charge in [0.2, 0.25) is 17.6 Å². The van der Waals surface area contributed by atoms with E-state index in [1.54, 1.807) is 19.2 Å². The SMILES string of the molecule is Cc1nc(-c2ccc3ccnc(NC4CC(C(=O)Nc5cc(C(C)(C)C)on5)C4)c3c2)no1. The molecule has 4 aromatic rings. The molecule has 0 atom stereocenters. The van der Waals surface area contributed by atoms with Gasteiger partial charge in [-0.3, -0.25) is 4.79 Å². The first-order chi connectivity index (χ1) is 15.8. The Labute approximate surface area is 191 Å². The minimum atomic E-state index is -0.157. The van der Waals surface area contributed by atoms with Crippen LogP contribution in [0.25, 0.3) is 22.2 Å². The highest BCUT2D eigenvalue weighted by Gasteiger charge is 2.35. The Hall–Kier alpha value is -3.75. The number of carbonyl (C=O) groups excluding carboxylic acids is 1.